The largest absolute Gasteiger partial charge is 1.00 e. The normalized spacial score (nSPS) is 13.7. The van der Waals surface area contributed by atoms with Crippen LogP contribution in [-0.2, 0) is 10.1 Å². The van der Waals surface area contributed by atoms with Crippen LogP contribution < -0.4 is 51.4 Å². The summed E-state index contributed by atoms with van der Waals surface area (Å²) in [5.74, 6) is 0. The van der Waals surface area contributed by atoms with Gasteiger partial charge in [-0.3, -0.25) is 0 Å². The van der Waals surface area contributed by atoms with Gasteiger partial charge in [0.1, 0.15) is 0 Å². The van der Waals surface area contributed by atoms with Crippen LogP contribution in [0.2, 0.25) is 0 Å². The van der Waals surface area contributed by atoms with Crippen LogP contribution >= 0.6 is 0 Å². The van der Waals surface area contributed by atoms with Crippen molar-refractivity contribution in [2.45, 2.75) is 154 Å². The summed E-state index contributed by atoms with van der Waals surface area (Å²) in [5, 5.41) is 8.41. The standard InChI is InChI=1S/C24H50O4S.K/c1-3-4-5-6-7-8-9-10-11-12-13-14-15-16-17-18-19-20-21-24(22-23(2)25)29(26,27)28;/h23-25H,3-22H2,1-2H3,(H,26,27,28);/q;+1/p-1. The zero-order valence-electron chi connectivity index (χ0n) is 20.4. The van der Waals surface area contributed by atoms with Crippen LogP contribution in [0.4, 0.5) is 0 Å². The van der Waals surface area contributed by atoms with Crippen molar-refractivity contribution < 1.29 is 69.5 Å². The molecule has 176 valence electrons. The Balaban J connectivity index is 0. The van der Waals surface area contributed by atoms with Gasteiger partial charge in [0.15, 0.2) is 0 Å². The van der Waals surface area contributed by atoms with Gasteiger partial charge in [-0.25, -0.2) is 8.42 Å². The first kappa shape index (κ1) is 33.7. The first-order valence-corrected chi connectivity index (χ1v) is 14.0. The summed E-state index contributed by atoms with van der Waals surface area (Å²) in [6.07, 6.45) is 23.0. The summed E-state index contributed by atoms with van der Waals surface area (Å²) in [4.78, 5) is 0. The summed E-state index contributed by atoms with van der Waals surface area (Å²) in [6.45, 7) is 3.80. The molecule has 0 aromatic carbocycles. The summed E-state index contributed by atoms with van der Waals surface area (Å²) in [5.41, 5.74) is 0. The SMILES string of the molecule is CCCCCCCCCCCCCCCCCCCCC(CC(C)O)S(=O)(=O)[O-].[K+]. The number of aliphatic hydroxyl groups is 1. The maximum atomic E-state index is 11.2. The van der Waals surface area contributed by atoms with E-state index < -0.39 is 21.5 Å². The third-order valence-electron chi connectivity index (χ3n) is 5.89. The van der Waals surface area contributed by atoms with E-state index in [9.17, 15) is 18.1 Å². The fourth-order valence-electron chi connectivity index (χ4n) is 4.03. The molecule has 0 bridgehead atoms. The number of aliphatic hydroxyl groups excluding tert-OH is 1. The minimum Gasteiger partial charge on any atom is -0.748 e. The number of hydrogen-bond acceptors (Lipinski definition) is 4. The van der Waals surface area contributed by atoms with Gasteiger partial charge in [-0.05, 0) is 19.8 Å². The zero-order chi connectivity index (χ0) is 21.8. The maximum Gasteiger partial charge on any atom is 1.00 e. The van der Waals surface area contributed by atoms with Crippen LogP contribution in [0, 0.1) is 0 Å². The fourth-order valence-corrected chi connectivity index (χ4v) is 5.00. The Kier molecular flexibility index (Phi) is 26.6. The number of unbranched alkanes of at least 4 members (excludes halogenated alkanes) is 17. The minimum absolute atomic E-state index is 0. The van der Waals surface area contributed by atoms with Crippen molar-refractivity contribution in [3.8, 4) is 0 Å². The van der Waals surface area contributed by atoms with Gasteiger partial charge in [0, 0.05) is 0 Å². The molecule has 0 aliphatic carbocycles. The van der Waals surface area contributed by atoms with E-state index in [1.807, 2.05) is 0 Å². The van der Waals surface area contributed by atoms with Crippen molar-refractivity contribution in [1.29, 1.82) is 0 Å². The average molecular weight is 473 g/mol. The predicted octanol–water partition coefficient (Wildman–Crippen LogP) is 4.11. The van der Waals surface area contributed by atoms with Crippen LogP contribution in [0.5, 0.6) is 0 Å². The molecule has 6 heteroatoms. The van der Waals surface area contributed by atoms with E-state index in [2.05, 4.69) is 6.92 Å². The Morgan fingerprint density at radius 3 is 1.23 bits per heavy atom. The third kappa shape index (κ3) is 24.2. The fraction of sp³-hybridized carbons (Fsp3) is 1.00. The molecule has 30 heavy (non-hydrogen) atoms. The van der Waals surface area contributed by atoms with Gasteiger partial charge >= 0.3 is 51.4 Å². The van der Waals surface area contributed by atoms with Crippen LogP contribution in [0.15, 0.2) is 0 Å². The van der Waals surface area contributed by atoms with Crippen molar-refractivity contribution in [3.05, 3.63) is 0 Å². The van der Waals surface area contributed by atoms with Gasteiger partial charge in [-0.15, -0.1) is 0 Å². The molecule has 2 unspecified atom stereocenters. The Morgan fingerprint density at radius 2 is 0.967 bits per heavy atom. The van der Waals surface area contributed by atoms with E-state index in [1.165, 1.54) is 103 Å². The molecular formula is C24H49KO4S. The van der Waals surface area contributed by atoms with Gasteiger partial charge in [-0.1, -0.05) is 122 Å². The quantitative estimate of drug-likeness (QED) is 0.146. The second-order valence-electron chi connectivity index (χ2n) is 9.00. The molecule has 0 amide bonds. The molecule has 2 atom stereocenters. The topological polar surface area (TPSA) is 77.4 Å². The summed E-state index contributed by atoms with van der Waals surface area (Å²) in [6, 6.07) is 0. The number of rotatable bonds is 22. The second-order valence-corrected chi connectivity index (χ2v) is 10.7. The Morgan fingerprint density at radius 1 is 0.667 bits per heavy atom. The van der Waals surface area contributed by atoms with Crippen molar-refractivity contribution in [3.63, 3.8) is 0 Å². The molecule has 0 spiro atoms. The second kappa shape index (κ2) is 23.7. The molecule has 0 saturated heterocycles. The summed E-state index contributed by atoms with van der Waals surface area (Å²) < 4.78 is 33.6. The third-order valence-corrected chi connectivity index (χ3v) is 7.14. The first-order valence-electron chi connectivity index (χ1n) is 12.5. The molecular weight excluding hydrogens is 423 g/mol. The van der Waals surface area contributed by atoms with E-state index in [4.69, 9.17) is 0 Å². The predicted molar refractivity (Wildman–Crippen MR) is 123 cm³/mol. The molecule has 0 aliphatic heterocycles. The molecule has 4 nitrogen and oxygen atoms in total. The molecule has 0 heterocycles. The van der Waals surface area contributed by atoms with E-state index >= 15 is 0 Å². The Labute approximate surface area is 230 Å². The van der Waals surface area contributed by atoms with E-state index in [0.717, 1.165) is 19.3 Å². The minimum atomic E-state index is -4.29. The zero-order valence-corrected chi connectivity index (χ0v) is 24.3. The summed E-state index contributed by atoms with van der Waals surface area (Å²) in [7, 11) is -4.29. The van der Waals surface area contributed by atoms with Gasteiger partial charge in [0.05, 0.1) is 21.5 Å². The van der Waals surface area contributed by atoms with Crippen molar-refractivity contribution in [2.75, 3.05) is 0 Å². The van der Waals surface area contributed by atoms with Gasteiger partial charge in [-0.2, -0.15) is 0 Å². The van der Waals surface area contributed by atoms with Gasteiger partial charge in [0.2, 0.25) is 0 Å². The number of hydrogen-bond donors (Lipinski definition) is 1. The molecule has 0 rings (SSSR count). The maximum absolute atomic E-state index is 11.2. The van der Waals surface area contributed by atoms with E-state index in [0.29, 0.717) is 6.42 Å². The smallest absolute Gasteiger partial charge is 0.748 e. The summed E-state index contributed by atoms with van der Waals surface area (Å²) >= 11 is 0. The van der Waals surface area contributed by atoms with Crippen LogP contribution in [0.25, 0.3) is 0 Å². The molecule has 1 N–H and O–H groups in total. The monoisotopic (exact) mass is 472 g/mol. The Hall–Kier alpha value is 1.51. The van der Waals surface area contributed by atoms with Crippen LogP contribution in [0.1, 0.15) is 142 Å². The Bertz CT molecular complexity index is 440. The van der Waals surface area contributed by atoms with Crippen molar-refractivity contribution in [1.82, 2.24) is 0 Å². The van der Waals surface area contributed by atoms with E-state index in [1.54, 1.807) is 0 Å². The van der Waals surface area contributed by atoms with Gasteiger partial charge < -0.3 is 9.66 Å². The average Bonchev–Trinajstić information content (AvgIpc) is 2.65. The van der Waals surface area contributed by atoms with Gasteiger partial charge in [0.25, 0.3) is 0 Å². The molecule has 0 radical (unpaired) electrons. The van der Waals surface area contributed by atoms with Crippen molar-refractivity contribution in [2.24, 2.45) is 0 Å². The van der Waals surface area contributed by atoms with Crippen LogP contribution in [0.3, 0.4) is 0 Å². The van der Waals surface area contributed by atoms with Crippen LogP contribution in [-0.4, -0.2) is 29.4 Å². The molecule has 0 fully saturated rings. The first-order chi connectivity index (χ1) is 13.9. The molecule has 0 aromatic rings. The molecule has 0 saturated carbocycles. The van der Waals surface area contributed by atoms with Crippen molar-refractivity contribution >= 4 is 10.1 Å². The van der Waals surface area contributed by atoms with E-state index in [-0.39, 0.29) is 57.8 Å². The molecule has 0 aromatic heterocycles. The molecule has 0 aliphatic rings.